The van der Waals surface area contributed by atoms with E-state index in [1.807, 2.05) is 0 Å². The van der Waals surface area contributed by atoms with Gasteiger partial charge in [0.15, 0.2) is 5.76 Å². The second kappa shape index (κ2) is 5.55. The van der Waals surface area contributed by atoms with Gasteiger partial charge in [-0.2, -0.15) is 0 Å². The molecule has 0 saturated carbocycles. The topological polar surface area (TPSA) is 68.5 Å². The fourth-order valence-electron chi connectivity index (χ4n) is 1.08. The predicted molar refractivity (Wildman–Crippen MR) is 57.4 cm³/mol. The van der Waals surface area contributed by atoms with Crippen molar-refractivity contribution in [3.8, 4) is 0 Å². The number of methoxy groups -OCH3 is 1. The third-order valence-electron chi connectivity index (χ3n) is 2.01. The highest BCUT2D eigenvalue weighted by atomic mass is 35.5. The number of rotatable bonds is 4. The van der Waals surface area contributed by atoms with Gasteiger partial charge in [-0.3, -0.25) is 9.59 Å². The molecule has 1 amide bonds. The number of alkyl halides is 1. The van der Waals surface area contributed by atoms with Gasteiger partial charge >= 0.3 is 5.97 Å². The zero-order valence-electron chi connectivity index (χ0n) is 9.00. The van der Waals surface area contributed by atoms with E-state index in [9.17, 15) is 9.59 Å². The second-order valence-electron chi connectivity index (χ2n) is 3.08. The standard InChI is InChI=1S/C10H12ClNO4/c1-6-7(4-11)3-8(16-6)10(14)12-5-9(13)15-2/h3H,4-5H2,1-2H3,(H,12,14). The molecule has 1 rings (SSSR count). The van der Waals surface area contributed by atoms with Gasteiger partial charge in [0.05, 0.1) is 13.0 Å². The van der Waals surface area contributed by atoms with Gasteiger partial charge in [-0.05, 0) is 13.0 Å². The van der Waals surface area contributed by atoms with E-state index in [-0.39, 0.29) is 18.2 Å². The quantitative estimate of drug-likeness (QED) is 0.640. The molecule has 5 nitrogen and oxygen atoms in total. The van der Waals surface area contributed by atoms with Crippen molar-refractivity contribution < 1.29 is 18.7 Å². The molecule has 0 spiro atoms. The smallest absolute Gasteiger partial charge is 0.325 e. The van der Waals surface area contributed by atoms with Crippen LogP contribution in [0.15, 0.2) is 10.5 Å². The van der Waals surface area contributed by atoms with Gasteiger partial charge in [0.2, 0.25) is 0 Å². The summed E-state index contributed by atoms with van der Waals surface area (Å²) < 4.78 is 9.57. The van der Waals surface area contributed by atoms with Crippen LogP contribution in [-0.2, 0) is 15.4 Å². The number of aryl methyl sites for hydroxylation is 1. The molecule has 0 bridgehead atoms. The van der Waals surface area contributed by atoms with Crippen LogP contribution >= 0.6 is 11.6 Å². The van der Waals surface area contributed by atoms with E-state index in [0.29, 0.717) is 5.76 Å². The van der Waals surface area contributed by atoms with Crippen molar-refractivity contribution in [1.29, 1.82) is 0 Å². The lowest BCUT2D eigenvalue weighted by molar-refractivity contribution is -0.139. The van der Waals surface area contributed by atoms with E-state index in [4.69, 9.17) is 16.0 Å². The van der Waals surface area contributed by atoms with Gasteiger partial charge in [0.1, 0.15) is 12.3 Å². The van der Waals surface area contributed by atoms with E-state index in [1.54, 1.807) is 13.0 Å². The molecular weight excluding hydrogens is 234 g/mol. The zero-order valence-corrected chi connectivity index (χ0v) is 9.76. The lowest BCUT2D eigenvalue weighted by atomic mass is 10.3. The number of nitrogens with one attached hydrogen (secondary N) is 1. The molecule has 6 heteroatoms. The third kappa shape index (κ3) is 3.00. The third-order valence-corrected chi connectivity index (χ3v) is 2.30. The Morgan fingerprint density at radius 3 is 2.75 bits per heavy atom. The summed E-state index contributed by atoms with van der Waals surface area (Å²) in [4.78, 5) is 22.3. The predicted octanol–water partition coefficient (Wildman–Crippen LogP) is 1.23. The average Bonchev–Trinajstić information content (AvgIpc) is 2.66. The van der Waals surface area contributed by atoms with Gasteiger partial charge in [-0.1, -0.05) is 0 Å². The first-order chi connectivity index (χ1) is 7.58. The first-order valence-electron chi connectivity index (χ1n) is 4.58. The van der Waals surface area contributed by atoms with Crippen LogP contribution in [0.5, 0.6) is 0 Å². The summed E-state index contributed by atoms with van der Waals surface area (Å²) in [6, 6.07) is 1.55. The molecule has 0 atom stereocenters. The summed E-state index contributed by atoms with van der Waals surface area (Å²) in [5.74, 6) is 0.0221. The van der Waals surface area contributed by atoms with Gasteiger partial charge in [-0.25, -0.2) is 0 Å². The molecule has 0 fully saturated rings. The number of hydrogen-bond acceptors (Lipinski definition) is 4. The number of hydrogen-bond donors (Lipinski definition) is 1. The van der Waals surface area contributed by atoms with Gasteiger partial charge in [0, 0.05) is 5.56 Å². The van der Waals surface area contributed by atoms with Crippen molar-refractivity contribution in [2.75, 3.05) is 13.7 Å². The lowest BCUT2D eigenvalue weighted by Crippen LogP contribution is -2.29. The fraction of sp³-hybridized carbons (Fsp3) is 0.400. The van der Waals surface area contributed by atoms with Crippen LogP contribution in [0.4, 0.5) is 0 Å². The second-order valence-corrected chi connectivity index (χ2v) is 3.35. The minimum absolute atomic E-state index is 0.136. The minimum atomic E-state index is -0.519. The maximum Gasteiger partial charge on any atom is 0.325 e. The monoisotopic (exact) mass is 245 g/mol. The molecule has 0 aliphatic carbocycles. The maximum absolute atomic E-state index is 11.5. The Morgan fingerprint density at radius 1 is 1.56 bits per heavy atom. The first-order valence-corrected chi connectivity index (χ1v) is 5.12. The molecule has 0 aromatic carbocycles. The van der Waals surface area contributed by atoms with Crippen LogP contribution in [-0.4, -0.2) is 25.5 Å². The molecule has 0 aliphatic heterocycles. The Bertz CT molecular complexity index is 400. The van der Waals surface area contributed by atoms with Crippen molar-refractivity contribution in [2.45, 2.75) is 12.8 Å². The zero-order chi connectivity index (χ0) is 12.1. The summed E-state index contributed by atoms with van der Waals surface area (Å²) in [6.45, 7) is 1.53. The Morgan fingerprint density at radius 2 is 2.25 bits per heavy atom. The number of amides is 1. The maximum atomic E-state index is 11.5. The highest BCUT2D eigenvalue weighted by Gasteiger charge is 2.14. The largest absolute Gasteiger partial charge is 0.468 e. The molecule has 1 aromatic rings. The molecule has 0 saturated heterocycles. The van der Waals surface area contributed by atoms with Crippen LogP contribution in [0.25, 0.3) is 0 Å². The lowest BCUT2D eigenvalue weighted by Gasteiger charge is -2.00. The van der Waals surface area contributed by atoms with Crippen molar-refractivity contribution in [2.24, 2.45) is 0 Å². The number of carbonyl (C=O) groups is 2. The number of esters is 1. The summed E-state index contributed by atoms with van der Waals surface area (Å²) >= 11 is 5.63. The summed E-state index contributed by atoms with van der Waals surface area (Å²) in [6.07, 6.45) is 0. The van der Waals surface area contributed by atoms with Crippen molar-refractivity contribution >= 4 is 23.5 Å². The molecule has 1 heterocycles. The first kappa shape index (κ1) is 12.6. The molecule has 16 heavy (non-hydrogen) atoms. The molecular formula is C10H12ClNO4. The number of halogens is 1. The highest BCUT2D eigenvalue weighted by Crippen LogP contribution is 2.16. The number of furan rings is 1. The number of ether oxygens (including phenoxy) is 1. The van der Waals surface area contributed by atoms with Crippen molar-refractivity contribution in [1.82, 2.24) is 5.32 Å². The molecule has 0 unspecified atom stereocenters. The Hall–Kier alpha value is -1.49. The molecule has 1 aromatic heterocycles. The Labute approximate surface area is 97.7 Å². The van der Waals surface area contributed by atoms with E-state index < -0.39 is 11.9 Å². The average molecular weight is 246 g/mol. The van der Waals surface area contributed by atoms with Gasteiger partial charge in [0.25, 0.3) is 5.91 Å². The van der Waals surface area contributed by atoms with Crippen LogP contribution in [0.1, 0.15) is 21.9 Å². The van der Waals surface area contributed by atoms with E-state index >= 15 is 0 Å². The van der Waals surface area contributed by atoms with E-state index in [0.717, 1.165) is 5.56 Å². The summed E-state index contributed by atoms with van der Waals surface area (Å²) in [5.41, 5.74) is 0.755. The van der Waals surface area contributed by atoms with E-state index in [2.05, 4.69) is 10.1 Å². The van der Waals surface area contributed by atoms with Gasteiger partial charge < -0.3 is 14.5 Å². The summed E-state index contributed by atoms with van der Waals surface area (Å²) in [5, 5.41) is 2.36. The van der Waals surface area contributed by atoms with Gasteiger partial charge in [-0.15, -0.1) is 11.6 Å². The van der Waals surface area contributed by atoms with Crippen LogP contribution < -0.4 is 5.32 Å². The SMILES string of the molecule is COC(=O)CNC(=O)c1cc(CCl)c(C)o1. The van der Waals surface area contributed by atoms with Crippen LogP contribution in [0.3, 0.4) is 0 Å². The molecule has 0 radical (unpaired) electrons. The van der Waals surface area contributed by atoms with Crippen LogP contribution in [0, 0.1) is 6.92 Å². The van der Waals surface area contributed by atoms with Crippen molar-refractivity contribution in [3.63, 3.8) is 0 Å². The normalized spacial score (nSPS) is 9.94. The molecule has 1 N–H and O–H groups in total. The molecule has 0 aliphatic rings. The summed E-state index contributed by atoms with van der Waals surface area (Å²) in [7, 11) is 1.25. The van der Waals surface area contributed by atoms with Crippen molar-refractivity contribution in [3.05, 3.63) is 23.2 Å². The minimum Gasteiger partial charge on any atom is -0.468 e. The molecule has 88 valence electrons. The Kier molecular flexibility index (Phi) is 4.37. The van der Waals surface area contributed by atoms with E-state index in [1.165, 1.54) is 7.11 Å². The Balaban J connectivity index is 2.62. The van der Waals surface area contributed by atoms with Crippen LogP contribution in [0.2, 0.25) is 0 Å². The number of carbonyl (C=O) groups excluding carboxylic acids is 2. The highest BCUT2D eigenvalue weighted by molar-refractivity contribution is 6.17. The fourth-order valence-corrected chi connectivity index (χ4v) is 1.34.